The highest BCUT2D eigenvalue weighted by Gasteiger charge is 2.29. The van der Waals surface area contributed by atoms with Crippen LogP contribution >= 0.6 is 0 Å². The highest BCUT2D eigenvalue weighted by Crippen LogP contribution is 2.25. The lowest BCUT2D eigenvalue weighted by molar-refractivity contribution is -0.114. The van der Waals surface area contributed by atoms with E-state index in [4.69, 9.17) is 0 Å². The second kappa shape index (κ2) is 5.61. The molecule has 1 aliphatic rings. The maximum absolute atomic E-state index is 13.0. The van der Waals surface area contributed by atoms with E-state index < -0.39 is 28.9 Å². The van der Waals surface area contributed by atoms with Gasteiger partial charge in [-0.3, -0.25) is 19.6 Å². The molecular weight excluding hydrogens is 319 g/mol. The summed E-state index contributed by atoms with van der Waals surface area (Å²) in [5.74, 6) is -1.66. The number of carbonyl (C=O) groups excluding carboxylic acids is 1. The minimum atomic E-state index is -0.865. The van der Waals surface area contributed by atoms with E-state index >= 15 is 0 Å². The number of aromatic nitrogens is 2. The standard InChI is InChI=1S/C15H11FN4O4/c1-7-10(6-11-12(21)17-15(24)18-13(11)22)14(23)20(19-7)9-4-2-8(16)3-5-9/h2-6H,1H3,(H3,17,18,21,22,24)/b10-6-. The Hall–Kier alpha value is -3.49. The largest absolute Gasteiger partial charge is 0.494 e. The summed E-state index contributed by atoms with van der Waals surface area (Å²) >= 11 is 0. The van der Waals surface area contributed by atoms with Crippen LogP contribution in [0.4, 0.5) is 10.1 Å². The SMILES string of the molecule is CC1=NN(c2ccc(F)cc2)C(=O)/C1=C\c1c(O)[nH]c(=O)[nH]c1=O. The minimum Gasteiger partial charge on any atom is -0.494 e. The molecule has 9 heteroatoms. The van der Waals surface area contributed by atoms with Crippen molar-refractivity contribution in [2.45, 2.75) is 6.92 Å². The number of hydrogen-bond donors (Lipinski definition) is 3. The Kier molecular flexibility index (Phi) is 3.60. The molecule has 0 saturated carbocycles. The molecule has 0 atom stereocenters. The molecule has 0 spiro atoms. The van der Waals surface area contributed by atoms with Crippen molar-refractivity contribution in [2.75, 3.05) is 5.01 Å². The predicted molar refractivity (Wildman–Crippen MR) is 84.3 cm³/mol. The number of halogens is 1. The smallest absolute Gasteiger partial charge is 0.328 e. The topological polar surface area (TPSA) is 119 Å². The Bertz CT molecular complexity index is 1000. The van der Waals surface area contributed by atoms with E-state index in [1.54, 1.807) is 6.92 Å². The predicted octanol–water partition coefficient (Wildman–Crippen LogP) is 0.714. The number of nitrogens with zero attached hydrogens (tertiary/aromatic N) is 2. The number of rotatable bonds is 2. The Morgan fingerprint density at radius 1 is 1.17 bits per heavy atom. The molecule has 0 unspecified atom stereocenters. The summed E-state index contributed by atoms with van der Waals surface area (Å²) in [4.78, 5) is 39.3. The number of anilines is 1. The first kappa shape index (κ1) is 15.4. The fourth-order valence-electron chi connectivity index (χ4n) is 2.20. The molecular formula is C15H11FN4O4. The molecule has 3 N–H and O–H groups in total. The van der Waals surface area contributed by atoms with Gasteiger partial charge in [-0.15, -0.1) is 0 Å². The van der Waals surface area contributed by atoms with Crippen LogP contribution in [0.5, 0.6) is 5.88 Å². The van der Waals surface area contributed by atoms with Crippen LogP contribution in [0.1, 0.15) is 12.5 Å². The summed E-state index contributed by atoms with van der Waals surface area (Å²) < 4.78 is 13.0. The lowest BCUT2D eigenvalue weighted by Gasteiger charge is -2.11. The van der Waals surface area contributed by atoms with Crippen LogP contribution in [0.2, 0.25) is 0 Å². The van der Waals surface area contributed by atoms with Gasteiger partial charge in [0, 0.05) is 0 Å². The average Bonchev–Trinajstić information content (AvgIpc) is 2.79. The number of amides is 1. The van der Waals surface area contributed by atoms with Gasteiger partial charge in [0.25, 0.3) is 11.5 Å². The molecule has 122 valence electrons. The first-order valence-electron chi connectivity index (χ1n) is 6.79. The molecule has 0 bridgehead atoms. The molecule has 0 aliphatic carbocycles. The molecule has 1 amide bonds. The van der Waals surface area contributed by atoms with Crippen molar-refractivity contribution in [1.82, 2.24) is 9.97 Å². The number of hydrazone groups is 1. The van der Waals surface area contributed by atoms with Gasteiger partial charge in [0.15, 0.2) is 0 Å². The van der Waals surface area contributed by atoms with Gasteiger partial charge in [-0.2, -0.15) is 10.1 Å². The number of benzene rings is 1. The third-order valence-electron chi connectivity index (χ3n) is 3.38. The lowest BCUT2D eigenvalue weighted by Crippen LogP contribution is -2.25. The van der Waals surface area contributed by atoms with E-state index in [2.05, 4.69) is 5.10 Å². The van der Waals surface area contributed by atoms with Crippen molar-refractivity contribution in [3.63, 3.8) is 0 Å². The molecule has 1 aliphatic heterocycles. The van der Waals surface area contributed by atoms with Gasteiger partial charge in [-0.25, -0.2) is 9.18 Å². The molecule has 2 aromatic rings. The summed E-state index contributed by atoms with van der Waals surface area (Å²) in [6.45, 7) is 1.55. The van der Waals surface area contributed by atoms with Gasteiger partial charge in [-0.1, -0.05) is 0 Å². The monoisotopic (exact) mass is 330 g/mol. The van der Waals surface area contributed by atoms with Crippen LogP contribution in [0.25, 0.3) is 6.08 Å². The number of aromatic amines is 2. The number of hydrogen-bond acceptors (Lipinski definition) is 5. The number of H-pyrrole nitrogens is 2. The molecule has 2 heterocycles. The summed E-state index contributed by atoms with van der Waals surface area (Å²) in [5, 5.41) is 14.8. The zero-order valence-electron chi connectivity index (χ0n) is 12.3. The van der Waals surface area contributed by atoms with Crippen molar-refractivity contribution in [3.05, 3.63) is 62.1 Å². The quantitative estimate of drug-likeness (QED) is 0.703. The molecule has 0 fully saturated rings. The van der Waals surface area contributed by atoms with E-state index in [0.29, 0.717) is 11.4 Å². The van der Waals surface area contributed by atoms with Crippen LogP contribution in [-0.4, -0.2) is 26.7 Å². The lowest BCUT2D eigenvalue weighted by atomic mass is 10.1. The van der Waals surface area contributed by atoms with Gasteiger partial charge >= 0.3 is 5.69 Å². The molecule has 0 radical (unpaired) electrons. The molecule has 3 rings (SSSR count). The van der Waals surface area contributed by atoms with Crippen molar-refractivity contribution >= 4 is 23.4 Å². The third kappa shape index (κ3) is 2.62. The number of aromatic hydroxyl groups is 1. The zero-order chi connectivity index (χ0) is 17.4. The minimum absolute atomic E-state index is 0.0622. The summed E-state index contributed by atoms with van der Waals surface area (Å²) in [6, 6.07) is 5.15. The summed E-state index contributed by atoms with van der Waals surface area (Å²) in [5.41, 5.74) is -1.26. The Balaban J connectivity index is 2.04. The fraction of sp³-hybridized carbons (Fsp3) is 0.0667. The first-order valence-corrected chi connectivity index (χ1v) is 6.79. The van der Waals surface area contributed by atoms with Crippen LogP contribution in [0.3, 0.4) is 0 Å². The van der Waals surface area contributed by atoms with Crippen LogP contribution in [0, 0.1) is 5.82 Å². The van der Waals surface area contributed by atoms with Crippen LogP contribution in [-0.2, 0) is 4.79 Å². The molecule has 8 nitrogen and oxygen atoms in total. The van der Waals surface area contributed by atoms with Gasteiger partial charge < -0.3 is 5.11 Å². The molecule has 24 heavy (non-hydrogen) atoms. The van der Waals surface area contributed by atoms with Crippen LogP contribution < -0.4 is 16.3 Å². The van der Waals surface area contributed by atoms with Crippen LogP contribution in [0.15, 0.2) is 44.5 Å². The van der Waals surface area contributed by atoms with E-state index in [-0.39, 0.29) is 11.1 Å². The normalized spacial score (nSPS) is 15.9. The van der Waals surface area contributed by atoms with Gasteiger partial charge in [0.05, 0.1) is 17.0 Å². The second-order valence-corrected chi connectivity index (χ2v) is 5.01. The van der Waals surface area contributed by atoms with E-state index in [1.165, 1.54) is 24.3 Å². The Labute approximate surface area is 133 Å². The van der Waals surface area contributed by atoms with Crippen molar-refractivity contribution < 1.29 is 14.3 Å². The maximum Gasteiger partial charge on any atom is 0.328 e. The Morgan fingerprint density at radius 3 is 2.46 bits per heavy atom. The average molecular weight is 330 g/mol. The van der Waals surface area contributed by atoms with Crippen molar-refractivity contribution in [1.29, 1.82) is 0 Å². The van der Waals surface area contributed by atoms with Crippen molar-refractivity contribution in [3.8, 4) is 5.88 Å². The van der Waals surface area contributed by atoms with E-state index in [9.17, 15) is 23.9 Å². The zero-order valence-corrected chi connectivity index (χ0v) is 12.3. The van der Waals surface area contributed by atoms with Gasteiger partial charge in [0.2, 0.25) is 5.88 Å². The van der Waals surface area contributed by atoms with Gasteiger partial charge in [-0.05, 0) is 37.3 Å². The highest BCUT2D eigenvalue weighted by molar-refractivity contribution is 6.32. The Morgan fingerprint density at radius 2 is 1.83 bits per heavy atom. The fourth-order valence-corrected chi connectivity index (χ4v) is 2.20. The molecule has 0 saturated heterocycles. The van der Waals surface area contributed by atoms with E-state index in [0.717, 1.165) is 11.1 Å². The third-order valence-corrected chi connectivity index (χ3v) is 3.38. The second-order valence-electron chi connectivity index (χ2n) is 5.01. The molecule has 1 aromatic carbocycles. The molecule has 1 aromatic heterocycles. The maximum atomic E-state index is 13.0. The highest BCUT2D eigenvalue weighted by atomic mass is 19.1. The van der Waals surface area contributed by atoms with E-state index in [1.807, 2.05) is 9.97 Å². The number of carbonyl (C=O) groups is 1. The van der Waals surface area contributed by atoms with Crippen molar-refractivity contribution in [2.24, 2.45) is 5.10 Å². The summed E-state index contributed by atoms with van der Waals surface area (Å²) in [6.07, 6.45) is 1.13. The number of nitrogens with one attached hydrogen (secondary N) is 2. The summed E-state index contributed by atoms with van der Waals surface area (Å²) in [7, 11) is 0. The first-order chi connectivity index (χ1) is 11.4. The van der Waals surface area contributed by atoms with Gasteiger partial charge in [0.1, 0.15) is 11.4 Å².